The molecule has 3 rings (SSSR count). The Balaban J connectivity index is 1.82. The van der Waals surface area contributed by atoms with Gasteiger partial charge in [0.05, 0.1) is 12.2 Å². The van der Waals surface area contributed by atoms with Gasteiger partial charge in [-0.15, -0.1) is 0 Å². The van der Waals surface area contributed by atoms with E-state index in [2.05, 4.69) is 41.2 Å². The molecular weight excluding hydrogens is 322 g/mol. The first kappa shape index (κ1) is 17.8. The van der Waals surface area contributed by atoms with Gasteiger partial charge in [0.15, 0.2) is 0 Å². The normalized spacial score (nSPS) is 11.8. The van der Waals surface area contributed by atoms with E-state index < -0.39 is 0 Å². The van der Waals surface area contributed by atoms with Crippen molar-refractivity contribution < 1.29 is 4.79 Å². The highest BCUT2D eigenvalue weighted by molar-refractivity contribution is 5.77. The first-order valence-electron chi connectivity index (χ1n) is 8.74. The lowest BCUT2D eigenvalue weighted by Gasteiger charge is -2.23. The zero-order chi connectivity index (χ0) is 18.4. The summed E-state index contributed by atoms with van der Waals surface area (Å²) in [6.07, 6.45) is 3.63. The number of benzene rings is 2. The maximum atomic E-state index is 12.9. The number of aromatic nitrogens is 2. The lowest BCUT2D eigenvalue weighted by molar-refractivity contribution is -0.130. The van der Waals surface area contributed by atoms with Gasteiger partial charge in [0, 0.05) is 25.6 Å². The summed E-state index contributed by atoms with van der Waals surface area (Å²) in [5.74, 6) is 0.137. The largest absolute Gasteiger partial charge is 0.340 e. The predicted octanol–water partition coefficient (Wildman–Crippen LogP) is 3.97. The monoisotopic (exact) mass is 345 g/mol. The molecule has 0 aliphatic rings. The van der Waals surface area contributed by atoms with Gasteiger partial charge in [0.25, 0.3) is 0 Å². The van der Waals surface area contributed by atoms with Crippen LogP contribution >= 0.6 is 0 Å². The number of carbonyl (C=O) groups is 1. The molecule has 3 aromatic rings. The quantitative estimate of drug-likeness (QED) is 0.679. The van der Waals surface area contributed by atoms with Crippen molar-refractivity contribution in [3.8, 4) is 0 Å². The third-order valence-electron chi connectivity index (χ3n) is 4.61. The van der Waals surface area contributed by atoms with Crippen molar-refractivity contribution >= 4 is 5.91 Å². The Morgan fingerprint density at radius 3 is 2.46 bits per heavy atom. The average molecular weight is 345 g/mol. The van der Waals surface area contributed by atoms with Crippen LogP contribution in [0, 0.1) is 6.92 Å². The zero-order valence-corrected chi connectivity index (χ0v) is 15.2. The van der Waals surface area contributed by atoms with Gasteiger partial charge in [0.2, 0.25) is 5.91 Å². The Kier molecular flexibility index (Phi) is 5.74. The van der Waals surface area contributed by atoms with Gasteiger partial charge in [0.1, 0.15) is 6.33 Å². The van der Waals surface area contributed by atoms with Crippen LogP contribution in [0.2, 0.25) is 0 Å². The molecule has 0 aliphatic heterocycles. The maximum absolute atomic E-state index is 12.9. The fourth-order valence-corrected chi connectivity index (χ4v) is 3.14. The van der Waals surface area contributed by atoms with Crippen LogP contribution in [0.25, 0.3) is 0 Å². The van der Waals surface area contributed by atoms with E-state index in [0.717, 1.165) is 11.3 Å². The number of carbonyl (C=O) groups excluding carboxylic acids is 1. The molecule has 0 fully saturated rings. The molecule has 26 heavy (non-hydrogen) atoms. The summed E-state index contributed by atoms with van der Waals surface area (Å²) in [5, 5.41) is 0. The third-order valence-corrected chi connectivity index (χ3v) is 4.61. The van der Waals surface area contributed by atoms with Gasteiger partial charge < -0.3 is 4.90 Å². The topological polar surface area (TPSA) is 46.1 Å². The first-order valence-corrected chi connectivity index (χ1v) is 8.74. The first-order chi connectivity index (χ1) is 12.6. The van der Waals surface area contributed by atoms with Crippen LogP contribution in [-0.2, 0) is 11.3 Å². The van der Waals surface area contributed by atoms with Crippen LogP contribution in [0.5, 0.6) is 0 Å². The smallest absolute Gasteiger partial charge is 0.223 e. The van der Waals surface area contributed by atoms with Crippen LogP contribution in [-0.4, -0.2) is 27.8 Å². The van der Waals surface area contributed by atoms with Crippen molar-refractivity contribution in [2.75, 3.05) is 7.05 Å². The number of rotatable bonds is 6. The van der Waals surface area contributed by atoms with Crippen molar-refractivity contribution in [3.05, 3.63) is 95.6 Å². The highest BCUT2D eigenvalue weighted by Crippen LogP contribution is 2.30. The van der Waals surface area contributed by atoms with E-state index in [-0.39, 0.29) is 11.8 Å². The van der Waals surface area contributed by atoms with E-state index in [1.165, 1.54) is 17.5 Å². The number of hydrogen-bond donors (Lipinski definition) is 0. The Bertz CT molecular complexity index is 850. The number of amides is 1. The molecule has 132 valence electrons. The third kappa shape index (κ3) is 4.33. The van der Waals surface area contributed by atoms with Gasteiger partial charge in [-0.05, 0) is 29.7 Å². The molecule has 1 amide bonds. The van der Waals surface area contributed by atoms with E-state index >= 15 is 0 Å². The van der Waals surface area contributed by atoms with E-state index in [9.17, 15) is 4.79 Å². The van der Waals surface area contributed by atoms with Crippen LogP contribution in [0.15, 0.2) is 73.2 Å². The standard InChI is InChI=1S/C22H23N3O/c1-17-8-6-7-11-20(17)21(18-9-4-3-5-10-18)14-22(26)25(2)15-19-12-13-23-16-24-19/h3-13,16,21H,14-15H2,1-2H3/t21-/m1/s1. The van der Waals surface area contributed by atoms with E-state index in [0.29, 0.717) is 13.0 Å². The molecule has 1 aromatic heterocycles. The number of nitrogens with zero attached hydrogens (tertiary/aromatic N) is 3. The summed E-state index contributed by atoms with van der Waals surface area (Å²) in [6.45, 7) is 2.58. The minimum absolute atomic E-state index is 0.0396. The number of aryl methyl sites for hydroxylation is 1. The van der Waals surface area contributed by atoms with Crippen molar-refractivity contribution in [2.24, 2.45) is 0 Å². The molecule has 0 unspecified atom stereocenters. The SMILES string of the molecule is Cc1ccccc1[C@H](CC(=O)N(C)Cc1ccncn1)c1ccccc1. The predicted molar refractivity (Wildman–Crippen MR) is 103 cm³/mol. The maximum Gasteiger partial charge on any atom is 0.223 e. The molecule has 0 N–H and O–H groups in total. The summed E-state index contributed by atoms with van der Waals surface area (Å²) in [6, 6.07) is 20.3. The minimum Gasteiger partial charge on any atom is -0.340 e. The average Bonchev–Trinajstić information content (AvgIpc) is 2.68. The van der Waals surface area contributed by atoms with Crippen molar-refractivity contribution in [1.29, 1.82) is 0 Å². The van der Waals surface area contributed by atoms with Crippen LogP contribution in [0.3, 0.4) is 0 Å². The molecule has 0 saturated carbocycles. The Morgan fingerprint density at radius 1 is 1.04 bits per heavy atom. The van der Waals surface area contributed by atoms with E-state index in [4.69, 9.17) is 0 Å². The van der Waals surface area contributed by atoms with E-state index in [1.54, 1.807) is 11.1 Å². The Morgan fingerprint density at radius 2 is 1.77 bits per heavy atom. The summed E-state index contributed by atoms with van der Waals surface area (Å²) in [4.78, 5) is 22.8. The highest BCUT2D eigenvalue weighted by Gasteiger charge is 2.21. The van der Waals surface area contributed by atoms with Gasteiger partial charge in [-0.3, -0.25) is 4.79 Å². The summed E-state index contributed by atoms with van der Waals surface area (Å²) in [7, 11) is 1.82. The Hall–Kier alpha value is -3.01. The van der Waals surface area contributed by atoms with Crippen molar-refractivity contribution in [2.45, 2.75) is 25.8 Å². The fourth-order valence-electron chi connectivity index (χ4n) is 3.14. The van der Waals surface area contributed by atoms with Crippen LogP contribution < -0.4 is 0 Å². The molecule has 0 saturated heterocycles. The molecule has 4 nitrogen and oxygen atoms in total. The molecule has 0 bridgehead atoms. The lowest BCUT2D eigenvalue weighted by atomic mass is 9.85. The second-order valence-electron chi connectivity index (χ2n) is 6.47. The van der Waals surface area contributed by atoms with Crippen molar-refractivity contribution in [1.82, 2.24) is 14.9 Å². The molecule has 4 heteroatoms. The van der Waals surface area contributed by atoms with E-state index in [1.807, 2.05) is 43.4 Å². The lowest BCUT2D eigenvalue weighted by Crippen LogP contribution is -2.28. The molecule has 2 aromatic carbocycles. The van der Waals surface area contributed by atoms with Crippen LogP contribution in [0.1, 0.15) is 34.7 Å². The van der Waals surface area contributed by atoms with Gasteiger partial charge in [-0.25, -0.2) is 9.97 Å². The van der Waals surface area contributed by atoms with Gasteiger partial charge in [-0.2, -0.15) is 0 Å². The number of hydrogen-bond acceptors (Lipinski definition) is 3. The molecule has 0 spiro atoms. The van der Waals surface area contributed by atoms with Crippen LogP contribution in [0.4, 0.5) is 0 Å². The highest BCUT2D eigenvalue weighted by atomic mass is 16.2. The minimum atomic E-state index is 0.0396. The second kappa shape index (κ2) is 8.39. The summed E-state index contributed by atoms with van der Waals surface area (Å²) < 4.78 is 0. The molecule has 1 atom stereocenters. The van der Waals surface area contributed by atoms with Crippen molar-refractivity contribution in [3.63, 3.8) is 0 Å². The molecule has 0 radical (unpaired) electrons. The Labute approximate surface area is 154 Å². The fraction of sp³-hybridized carbons (Fsp3) is 0.227. The molecule has 0 aliphatic carbocycles. The molecular formula is C22H23N3O. The zero-order valence-electron chi connectivity index (χ0n) is 15.2. The molecule has 1 heterocycles. The summed E-state index contributed by atoms with van der Waals surface area (Å²) in [5.41, 5.74) is 4.39. The van der Waals surface area contributed by atoms with Gasteiger partial charge >= 0.3 is 0 Å². The summed E-state index contributed by atoms with van der Waals surface area (Å²) >= 11 is 0. The van der Waals surface area contributed by atoms with Gasteiger partial charge in [-0.1, -0.05) is 54.6 Å². The second-order valence-corrected chi connectivity index (χ2v) is 6.47.